The molecule has 322 valence electrons. The highest BCUT2D eigenvalue weighted by molar-refractivity contribution is 5.95. The second-order valence-electron chi connectivity index (χ2n) is 21.2. The molecular formula is C45H76N6O6. The fourth-order valence-corrected chi connectivity index (χ4v) is 12.3. The number of piperidine rings is 1. The second kappa shape index (κ2) is 16.3. The Bertz CT molecular complexity index is 1500. The van der Waals surface area contributed by atoms with Gasteiger partial charge >= 0.3 is 0 Å². The number of fused-ring (bicyclic) bond motifs is 1. The normalized spacial score (nSPS) is 33.0. The molecule has 4 amide bonds. The average molecular weight is 797 g/mol. The molecule has 7 aliphatic rings. The van der Waals surface area contributed by atoms with E-state index in [9.17, 15) is 19.5 Å². The van der Waals surface area contributed by atoms with E-state index in [-0.39, 0.29) is 58.3 Å². The zero-order valence-electron chi connectivity index (χ0n) is 36.5. The Morgan fingerprint density at radius 3 is 2.14 bits per heavy atom. The molecule has 57 heavy (non-hydrogen) atoms. The maximum atomic E-state index is 15.2. The van der Waals surface area contributed by atoms with Crippen LogP contribution in [-0.4, -0.2) is 112 Å². The minimum atomic E-state index is -1.38. The molecule has 4 saturated carbocycles. The van der Waals surface area contributed by atoms with Crippen molar-refractivity contribution in [1.29, 1.82) is 0 Å². The lowest BCUT2D eigenvalue weighted by Gasteiger charge is -2.38. The number of nitrogens with one attached hydrogen (secondary N) is 4. The molecule has 4 unspecified atom stereocenters. The molecule has 2 spiro atoms. The van der Waals surface area contributed by atoms with E-state index in [4.69, 9.17) is 4.74 Å². The molecule has 4 aliphatic carbocycles. The molecule has 0 aromatic rings. The van der Waals surface area contributed by atoms with Gasteiger partial charge in [-0.1, -0.05) is 80.1 Å². The third-order valence-corrected chi connectivity index (χ3v) is 16.2. The molecule has 7 fully saturated rings. The first kappa shape index (κ1) is 42.8. The van der Waals surface area contributed by atoms with Crippen molar-refractivity contribution in [3.8, 4) is 0 Å². The van der Waals surface area contributed by atoms with Gasteiger partial charge in [-0.2, -0.15) is 0 Å². The van der Waals surface area contributed by atoms with Gasteiger partial charge in [0, 0.05) is 30.1 Å². The summed E-state index contributed by atoms with van der Waals surface area (Å²) in [5.74, 6) is -1.05. The van der Waals surface area contributed by atoms with Crippen molar-refractivity contribution < 1.29 is 29.0 Å². The molecule has 3 aliphatic heterocycles. The number of aliphatic hydroxyl groups excluding tert-OH is 1. The van der Waals surface area contributed by atoms with Crippen LogP contribution in [0.3, 0.4) is 0 Å². The molecule has 0 radical (unpaired) electrons. The van der Waals surface area contributed by atoms with Gasteiger partial charge in [-0.25, -0.2) is 0 Å². The van der Waals surface area contributed by atoms with E-state index in [1.807, 2.05) is 27.7 Å². The van der Waals surface area contributed by atoms with Gasteiger partial charge in [0.2, 0.25) is 17.7 Å². The highest BCUT2D eigenvalue weighted by Gasteiger charge is 2.85. The quantitative estimate of drug-likeness (QED) is 0.149. The summed E-state index contributed by atoms with van der Waals surface area (Å²) in [6.45, 7) is 18.6. The van der Waals surface area contributed by atoms with Crippen LogP contribution in [0.2, 0.25) is 0 Å². The van der Waals surface area contributed by atoms with Gasteiger partial charge in [0.05, 0.1) is 12.1 Å². The van der Waals surface area contributed by atoms with Crippen molar-refractivity contribution in [3.05, 3.63) is 0 Å². The second-order valence-corrected chi connectivity index (χ2v) is 21.2. The van der Waals surface area contributed by atoms with Crippen LogP contribution in [-0.2, 0) is 23.9 Å². The van der Waals surface area contributed by atoms with Crippen molar-refractivity contribution in [2.45, 2.75) is 219 Å². The lowest BCUT2D eigenvalue weighted by molar-refractivity contribution is -0.145. The Balaban J connectivity index is 1.11. The molecule has 7 rings (SSSR count). The van der Waals surface area contributed by atoms with Crippen LogP contribution in [0, 0.1) is 27.6 Å². The fraction of sp³-hybridized carbons (Fsp3) is 0.911. The van der Waals surface area contributed by atoms with E-state index < -0.39 is 41.6 Å². The SMILES string of the molecule is CCC[C@H](NC(=O)[C@@H]1C[C@@]2(CN1C(=O)[C@@H](NC(=O)[C@@H](NC1OC1C1CCCCN1C(C)C)C1CCCCC1)C(C)(C)C)C(C)(C)C21CCC1)C(O)C(=O)NC1CC1. The Labute approximate surface area is 342 Å². The number of likely N-dealkylation sites (tertiary alicyclic amines) is 2. The molecule has 0 bridgehead atoms. The van der Waals surface area contributed by atoms with Crippen LogP contribution >= 0.6 is 0 Å². The van der Waals surface area contributed by atoms with Crippen molar-refractivity contribution in [1.82, 2.24) is 31.1 Å². The molecule has 0 aromatic heterocycles. The van der Waals surface area contributed by atoms with Crippen LogP contribution in [0.4, 0.5) is 0 Å². The first-order valence-corrected chi connectivity index (χ1v) is 23.0. The number of hydrogen-bond acceptors (Lipinski definition) is 8. The number of nitrogens with zero attached hydrogens (tertiary/aromatic N) is 2. The minimum Gasteiger partial charge on any atom is -0.381 e. The maximum Gasteiger partial charge on any atom is 0.251 e. The Hall–Kier alpha value is -2.28. The molecule has 3 saturated heterocycles. The van der Waals surface area contributed by atoms with Crippen LogP contribution < -0.4 is 21.3 Å². The Kier molecular flexibility index (Phi) is 12.2. The number of rotatable bonds is 15. The van der Waals surface area contributed by atoms with E-state index in [1.165, 1.54) is 19.3 Å². The van der Waals surface area contributed by atoms with Gasteiger partial charge in [-0.15, -0.1) is 0 Å². The molecule has 12 heteroatoms. The lowest BCUT2D eigenvalue weighted by atomic mass is 9.73. The van der Waals surface area contributed by atoms with Gasteiger partial charge in [-0.3, -0.25) is 29.4 Å². The number of amides is 4. The number of hydrogen-bond donors (Lipinski definition) is 5. The molecular weight excluding hydrogens is 721 g/mol. The fourth-order valence-electron chi connectivity index (χ4n) is 12.3. The summed E-state index contributed by atoms with van der Waals surface area (Å²) in [6.07, 6.45) is 13.9. The standard InChI is InChI=1S/C45H76N6O6/c1-9-16-30(34(52)39(55)46-29-20-21-29)47-37(53)32-25-45(43(7,8)44(45)22-15-23-44)26-51(32)41(56)36(42(4,5)6)49-38(54)33(28-17-11-10-12-18-28)48-40-35(57-40)31-19-13-14-24-50(31)27(2)3/h27-36,40,48,52H,9-26H2,1-8H3,(H,46,55)(H,47,53)(H,49,54)/t30-,31?,32-,33-,34?,35?,36+,40?,45+/m0/s1. The number of carbonyl (C=O) groups excluding carboxylic acids is 4. The molecule has 0 aromatic carbocycles. The van der Waals surface area contributed by atoms with E-state index >= 15 is 4.79 Å². The third-order valence-electron chi connectivity index (χ3n) is 16.2. The molecule has 12 nitrogen and oxygen atoms in total. The monoisotopic (exact) mass is 797 g/mol. The van der Waals surface area contributed by atoms with E-state index in [1.54, 1.807) is 4.90 Å². The van der Waals surface area contributed by atoms with Gasteiger partial charge < -0.3 is 30.7 Å². The Morgan fingerprint density at radius 1 is 0.877 bits per heavy atom. The third kappa shape index (κ3) is 8.04. The summed E-state index contributed by atoms with van der Waals surface area (Å²) < 4.78 is 6.34. The highest BCUT2D eigenvalue weighted by atomic mass is 16.6. The smallest absolute Gasteiger partial charge is 0.251 e. The number of epoxide rings is 1. The topological polar surface area (TPSA) is 156 Å². The summed E-state index contributed by atoms with van der Waals surface area (Å²) in [4.78, 5) is 61.8. The molecule has 3 heterocycles. The lowest BCUT2D eigenvalue weighted by Crippen LogP contribution is -2.62. The number of aliphatic hydroxyl groups is 1. The Morgan fingerprint density at radius 2 is 1.56 bits per heavy atom. The zero-order valence-corrected chi connectivity index (χ0v) is 36.5. The van der Waals surface area contributed by atoms with Crippen LogP contribution in [0.25, 0.3) is 0 Å². The molecule has 5 N–H and O–H groups in total. The van der Waals surface area contributed by atoms with Gasteiger partial charge in [0.1, 0.15) is 24.4 Å². The molecule has 9 atom stereocenters. The van der Waals surface area contributed by atoms with Crippen LogP contribution in [0.1, 0.15) is 158 Å². The summed E-state index contributed by atoms with van der Waals surface area (Å²) in [7, 11) is 0. The summed E-state index contributed by atoms with van der Waals surface area (Å²) in [5, 5.41) is 24.1. The van der Waals surface area contributed by atoms with E-state index in [0.717, 1.165) is 70.8 Å². The van der Waals surface area contributed by atoms with Gasteiger partial charge in [0.15, 0.2) is 6.10 Å². The first-order valence-electron chi connectivity index (χ1n) is 23.0. The van der Waals surface area contributed by atoms with Crippen LogP contribution in [0.15, 0.2) is 0 Å². The largest absolute Gasteiger partial charge is 0.381 e. The van der Waals surface area contributed by atoms with Crippen molar-refractivity contribution in [2.75, 3.05) is 13.1 Å². The van der Waals surface area contributed by atoms with Crippen molar-refractivity contribution in [3.63, 3.8) is 0 Å². The summed E-state index contributed by atoms with van der Waals surface area (Å²) >= 11 is 0. The van der Waals surface area contributed by atoms with E-state index in [0.29, 0.717) is 37.9 Å². The van der Waals surface area contributed by atoms with Gasteiger partial charge in [-0.05, 0) is 107 Å². The predicted molar refractivity (Wildman–Crippen MR) is 220 cm³/mol. The maximum absolute atomic E-state index is 15.2. The highest BCUT2D eigenvalue weighted by Crippen LogP contribution is 2.88. The average Bonchev–Trinajstić information content (AvgIpc) is 4.10. The van der Waals surface area contributed by atoms with Crippen molar-refractivity contribution in [2.24, 2.45) is 27.6 Å². The number of ether oxygens (including phenoxy) is 1. The van der Waals surface area contributed by atoms with Crippen LogP contribution in [0.5, 0.6) is 0 Å². The first-order chi connectivity index (χ1) is 27.0. The summed E-state index contributed by atoms with van der Waals surface area (Å²) in [6, 6.07) is -2.05. The number of carbonyl (C=O) groups is 4. The zero-order chi connectivity index (χ0) is 41.1. The van der Waals surface area contributed by atoms with Crippen molar-refractivity contribution >= 4 is 23.6 Å². The summed E-state index contributed by atoms with van der Waals surface area (Å²) in [5.41, 5.74) is -0.813. The van der Waals surface area contributed by atoms with E-state index in [2.05, 4.69) is 53.9 Å². The van der Waals surface area contributed by atoms with Gasteiger partial charge in [0.25, 0.3) is 5.91 Å². The minimum absolute atomic E-state index is 0.0426. The predicted octanol–water partition coefficient (Wildman–Crippen LogP) is 4.77.